The molecule has 0 aliphatic heterocycles. The lowest BCUT2D eigenvalue weighted by molar-refractivity contribution is 0.0941. The predicted octanol–water partition coefficient (Wildman–Crippen LogP) is 2.71. The molecule has 1 atom stereocenters. The Kier molecular flexibility index (Phi) is 7.35. The second-order valence-corrected chi connectivity index (χ2v) is 9.12. The molecule has 1 amide bonds. The molecule has 1 unspecified atom stereocenters. The molecule has 152 valence electrons. The van der Waals surface area contributed by atoms with Crippen molar-refractivity contribution in [2.24, 2.45) is 0 Å². The molecule has 0 fully saturated rings. The number of carbonyl (C=O) groups is 1. The maximum atomic E-state index is 12.6. The number of likely N-dealkylation sites (N-methyl/N-ethyl adjacent to an activating group) is 1. The van der Waals surface area contributed by atoms with Crippen LogP contribution >= 0.6 is 0 Å². The van der Waals surface area contributed by atoms with Crippen LogP contribution < -0.4 is 10.0 Å². The van der Waals surface area contributed by atoms with Crippen LogP contribution in [0.5, 0.6) is 0 Å². The molecule has 2 aromatic carbocycles. The highest BCUT2D eigenvalue weighted by Gasteiger charge is 2.19. The Balaban J connectivity index is 2.14. The standard InChI is InChI=1S/C21H29N3O3S/c1-15(2)23-28(26,27)19-8-6-7-18(13-19)21(25)22-14-20(24(4)5)17-11-9-16(3)10-12-17/h6-13,15,20,23H,14H2,1-5H3,(H,22,25). The molecule has 2 rings (SSSR count). The highest BCUT2D eigenvalue weighted by Crippen LogP contribution is 2.18. The highest BCUT2D eigenvalue weighted by molar-refractivity contribution is 7.89. The molecule has 28 heavy (non-hydrogen) atoms. The number of benzene rings is 2. The van der Waals surface area contributed by atoms with Gasteiger partial charge in [0.15, 0.2) is 0 Å². The molecular formula is C21H29N3O3S. The van der Waals surface area contributed by atoms with Gasteiger partial charge in [0.25, 0.3) is 5.91 Å². The number of nitrogens with zero attached hydrogens (tertiary/aromatic N) is 1. The van der Waals surface area contributed by atoms with E-state index in [9.17, 15) is 13.2 Å². The number of nitrogens with one attached hydrogen (secondary N) is 2. The van der Waals surface area contributed by atoms with Gasteiger partial charge in [-0.2, -0.15) is 0 Å². The third-order valence-corrected chi connectivity index (χ3v) is 6.00. The van der Waals surface area contributed by atoms with E-state index in [4.69, 9.17) is 0 Å². The van der Waals surface area contributed by atoms with Crippen molar-refractivity contribution < 1.29 is 13.2 Å². The van der Waals surface area contributed by atoms with E-state index in [1.165, 1.54) is 17.7 Å². The number of hydrogen-bond acceptors (Lipinski definition) is 4. The molecule has 0 aromatic heterocycles. The number of amides is 1. The summed E-state index contributed by atoms with van der Waals surface area (Å²) < 4.78 is 27.2. The summed E-state index contributed by atoms with van der Waals surface area (Å²) in [4.78, 5) is 14.7. The first kappa shape index (κ1) is 22.1. The summed E-state index contributed by atoms with van der Waals surface area (Å²) in [6.45, 7) is 5.95. The molecule has 6 nitrogen and oxygen atoms in total. The first-order chi connectivity index (χ1) is 13.1. The largest absolute Gasteiger partial charge is 0.350 e. The van der Waals surface area contributed by atoms with E-state index >= 15 is 0 Å². The lowest BCUT2D eigenvalue weighted by atomic mass is 10.0. The smallest absolute Gasteiger partial charge is 0.251 e. The van der Waals surface area contributed by atoms with Crippen molar-refractivity contribution in [1.29, 1.82) is 0 Å². The van der Waals surface area contributed by atoms with Gasteiger partial charge in [-0.25, -0.2) is 13.1 Å². The summed E-state index contributed by atoms with van der Waals surface area (Å²) in [5.41, 5.74) is 2.60. The summed E-state index contributed by atoms with van der Waals surface area (Å²) in [6.07, 6.45) is 0. The lowest BCUT2D eigenvalue weighted by Crippen LogP contribution is -2.34. The molecule has 0 saturated carbocycles. The van der Waals surface area contributed by atoms with Crippen LogP contribution in [0.25, 0.3) is 0 Å². The number of hydrogen-bond donors (Lipinski definition) is 2. The van der Waals surface area contributed by atoms with Crippen molar-refractivity contribution >= 4 is 15.9 Å². The summed E-state index contributed by atoms with van der Waals surface area (Å²) in [5, 5.41) is 2.92. The highest BCUT2D eigenvalue weighted by atomic mass is 32.2. The van der Waals surface area contributed by atoms with Crippen molar-refractivity contribution in [2.75, 3.05) is 20.6 Å². The van der Waals surface area contributed by atoms with E-state index in [2.05, 4.69) is 22.2 Å². The molecule has 0 aliphatic rings. The van der Waals surface area contributed by atoms with Crippen LogP contribution in [-0.4, -0.2) is 45.9 Å². The van der Waals surface area contributed by atoms with E-state index in [1.807, 2.05) is 38.1 Å². The SMILES string of the molecule is Cc1ccc(C(CNC(=O)c2cccc(S(=O)(=O)NC(C)C)c2)N(C)C)cc1. The summed E-state index contributed by atoms with van der Waals surface area (Å²) in [6, 6.07) is 14.1. The van der Waals surface area contributed by atoms with Crippen LogP contribution in [-0.2, 0) is 10.0 Å². The monoisotopic (exact) mass is 403 g/mol. The fraction of sp³-hybridized carbons (Fsp3) is 0.381. The van der Waals surface area contributed by atoms with Crippen molar-refractivity contribution in [1.82, 2.24) is 14.9 Å². The third-order valence-electron chi connectivity index (χ3n) is 4.34. The third kappa shape index (κ3) is 5.89. The Morgan fingerprint density at radius 1 is 1.07 bits per heavy atom. The normalized spacial score (nSPS) is 13.0. The van der Waals surface area contributed by atoms with Crippen molar-refractivity contribution in [3.05, 3.63) is 65.2 Å². The first-order valence-electron chi connectivity index (χ1n) is 9.23. The van der Waals surface area contributed by atoms with E-state index in [1.54, 1.807) is 26.0 Å². The van der Waals surface area contributed by atoms with Crippen LogP contribution in [0.4, 0.5) is 0 Å². The van der Waals surface area contributed by atoms with Gasteiger partial charge in [0.1, 0.15) is 0 Å². The van der Waals surface area contributed by atoms with Gasteiger partial charge >= 0.3 is 0 Å². The molecule has 0 bridgehead atoms. The van der Waals surface area contributed by atoms with Crippen LogP contribution in [0.1, 0.15) is 41.4 Å². The quantitative estimate of drug-likeness (QED) is 0.710. The van der Waals surface area contributed by atoms with Crippen LogP contribution in [0.2, 0.25) is 0 Å². The second-order valence-electron chi connectivity index (χ2n) is 7.40. The Labute approximate surface area is 168 Å². The van der Waals surface area contributed by atoms with Gasteiger partial charge in [-0.15, -0.1) is 0 Å². The molecular weight excluding hydrogens is 374 g/mol. The van der Waals surface area contributed by atoms with Crippen molar-refractivity contribution in [3.63, 3.8) is 0 Å². The Morgan fingerprint density at radius 2 is 1.71 bits per heavy atom. The van der Waals surface area contributed by atoms with Crippen LogP contribution in [0.15, 0.2) is 53.4 Å². The van der Waals surface area contributed by atoms with E-state index < -0.39 is 10.0 Å². The minimum atomic E-state index is -3.65. The summed E-state index contributed by atoms with van der Waals surface area (Å²) >= 11 is 0. The lowest BCUT2D eigenvalue weighted by Gasteiger charge is -2.25. The fourth-order valence-corrected chi connectivity index (χ4v) is 4.16. The molecule has 2 aromatic rings. The average molecular weight is 404 g/mol. The zero-order valence-corrected chi connectivity index (χ0v) is 17.9. The van der Waals surface area contributed by atoms with Crippen LogP contribution in [0.3, 0.4) is 0 Å². The molecule has 0 spiro atoms. The van der Waals surface area contributed by atoms with Gasteiger partial charge in [0.2, 0.25) is 10.0 Å². The minimum absolute atomic E-state index is 0.0130. The summed E-state index contributed by atoms with van der Waals surface area (Å²) in [5.74, 6) is -0.305. The maximum absolute atomic E-state index is 12.6. The molecule has 7 heteroatoms. The Bertz CT molecular complexity index is 907. The Morgan fingerprint density at radius 3 is 2.29 bits per heavy atom. The molecule has 0 aliphatic carbocycles. The van der Waals surface area contributed by atoms with Gasteiger partial charge in [0, 0.05) is 18.2 Å². The molecule has 0 radical (unpaired) electrons. The van der Waals surface area contributed by atoms with Gasteiger partial charge in [-0.1, -0.05) is 35.9 Å². The van der Waals surface area contributed by atoms with Crippen molar-refractivity contribution in [3.8, 4) is 0 Å². The van der Waals surface area contributed by atoms with E-state index in [0.717, 1.165) is 5.56 Å². The average Bonchev–Trinajstić information content (AvgIpc) is 2.62. The van der Waals surface area contributed by atoms with Crippen LogP contribution in [0, 0.1) is 6.92 Å². The summed E-state index contributed by atoms with van der Waals surface area (Å²) in [7, 11) is 0.274. The van der Waals surface area contributed by atoms with Gasteiger partial charge in [-0.3, -0.25) is 4.79 Å². The van der Waals surface area contributed by atoms with E-state index in [0.29, 0.717) is 12.1 Å². The minimum Gasteiger partial charge on any atom is -0.350 e. The predicted molar refractivity (Wildman–Crippen MR) is 112 cm³/mol. The Hall–Kier alpha value is -2.22. The zero-order chi connectivity index (χ0) is 20.9. The molecule has 0 heterocycles. The number of carbonyl (C=O) groups excluding carboxylic acids is 1. The van der Waals surface area contributed by atoms with Gasteiger partial charge < -0.3 is 10.2 Å². The van der Waals surface area contributed by atoms with Gasteiger partial charge in [0.05, 0.1) is 10.9 Å². The van der Waals surface area contributed by atoms with Gasteiger partial charge in [-0.05, 0) is 58.6 Å². The van der Waals surface area contributed by atoms with Crippen molar-refractivity contribution in [2.45, 2.75) is 37.8 Å². The number of sulfonamides is 1. The molecule has 2 N–H and O–H groups in total. The molecule has 0 saturated heterocycles. The zero-order valence-electron chi connectivity index (χ0n) is 17.1. The number of rotatable bonds is 8. The number of aryl methyl sites for hydroxylation is 1. The first-order valence-corrected chi connectivity index (χ1v) is 10.7. The fourth-order valence-electron chi connectivity index (χ4n) is 2.86. The topological polar surface area (TPSA) is 78.5 Å². The van der Waals surface area contributed by atoms with E-state index in [-0.39, 0.29) is 22.9 Å². The second kappa shape index (κ2) is 9.32. The maximum Gasteiger partial charge on any atom is 0.251 e.